The molecule has 0 saturated heterocycles. The minimum atomic E-state index is -0.553. The predicted octanol–water partition coefficient (Wildman–Crippen LogP) is 2.85. The second-order valence-electron chi connectivity index (χ2n) is 5.11. The van der Waals surface area contributed by atoms with Crippen molar-refractivity contribution in [3.8, 4) is 5.69 Å². The number of nitrogens with one attached hydrogen (secondary N) is 1. The SMILES string of the molecule is CCOC(=O)c1c(SC)nn(-c2cc(=O)[nH]c3ccc(Cl)cc23)c1N. The number of H-pyrrole nitrogens is 1. The van der Waals surface area contributed by atoms with E-state index in [2.05, 4.69) is 10.1 Å². The summed E-state index contributed by atoms with van der Waals surface area (Å²) in [4.78, 5) is 27.0. The quantitative estimate of drug-likeness (QED) is 0.534. The van der Waals surface area contributed by atoms with Crippen molar-refractivity contribution in [2.75, 3.05) is 18.6 Å². The van der Waals surface area contributed by atoms with Gasteiger partial charge in [-0.25, -0.2) is 9.48 Å². The summed E-state index contributed by atoms with van der Waals surface area (Å²) in [5.41, 5.74) is 7.05. The minimum absolute atomic E-state index is 0.106. The van der Waals surface area contributed by atoms with Gasteiger partial charge in [-0.2, -0.15) is 5.10 Å². The van der Waals surface area contributed by atoms with Crippen LogP contribution in [0.2, 0.25) is 5.02 Å². The zero-order chi connectivity index (χ0) is 18.1. The zero-order valence-electron chi connectivity index (χ0n) is 13.5. The Hall–Kier alpha value is -2.45. The second kappa shape index (κ2) is 6.81. The molecule has 0 unspecified atom stereocenters. The number of aromatic amines is 1. The molecule has 0 radical (unpaired) electrons. The first-order valence-corrected chi connectivity index (χ1v) is 8.99. The summed E-state index contributed by atoms with van der Waals surface area (Å²) < 4.78 is 6.42. The monoisotopic (exact) mass is 378 g/mol. The molecule has 0 bridgehead atoms. The molecule has 3 N–H and O–H groups in total. The molecule has 0 aliphatic heterocycles. The smallest absolute Gasteiger partial charge is 0.344 e. The first kappa shape index (κ1) is 17.4. The number of carbonyl (C=O) groups is 1. The lowest BCUT2D eigenvalue weighted by Crippen LogP contribution is -2.12. The van der Waals surface area contributed by atoms with Gasteiger partial charge in [-0.3, -0.25) is 4.79 Å². The lowest BCUT2D eigenvalue weighted by molar-refractivity contribution is 0.0523. The molecule has 3 aromatic rings. The maximum atomic E-state index is 12.2. The predicted molar refractivity (Wildman–Crippen MR) is 98.9 cm³/mol. The number of rotatable bonds is 4. The highest BCUT2D eigenvalue weighted by atomic mass is 35.5. The van der Waals surface area contributed by atoms with E-state index in [1.165, 1.54) is 22.5 Å². The number of halogens is 1. The van der Waals surface area contributed by atoms with E-state index in [0.29, 0.717) is 26.6 Å². The van der Waals surface area contributed by atoms with E-state index in [9.17, 15) is 9.59 Å². The van der Waals surface area contributed by atoms with Crippen molar-refractivity contribution in [1.29, 1.82) is 0 Å². The van der Waals surface area contributed by atoms with Crippen LogP contribution < -0.4 is 11.3 Å². The van der Waals surface area contributed by atoms with Crippen LogP contribution in [-0.2, 0) is 4.74 Å². The van der Waals surface area contributed by atoms with Crippen molar-refractivity contribution in [3.05, 3.63) is 45.2 Å². The molecule has 3 rings (SSSR count). The highest BCUT2D eigenvalue weighted by Crippen LogP contribution is 2.30. The Morgan fingerprint density at radius 3 is 2.88 bits per heavy atom. The van der Waals surface area contributed by atoms with E-state index < -0.39 is 5.97 Å². The van der Waals surface area contributed by atoms with Gasteiger partial charge < -0.3 is 15.5 Å². The van der Waals surface area contributed by atoms with Gasteiger partial charge >= 0.3 is 5.97 Å². The Morgan fingerprint density at radius 1 is 1.44 bits per heavy atom. The number of esters is 1. The number of carbonyl (C=O) groups excluding carboxylic acids is 1. The number of hydrogen-bond donors (Lipinski definition) is 2. The minimum Gasteiger partial charge on any atom is -0.462 e. The number of fused-ring (bicyclic) bond motifs is 1. The first-order chi connectivity index (χ1) is 12.0. The van der Waals surface area contributed by atoms with Crippen molar-refractivity contribution in [2.45, 2.75) is 11.9 Å². The van der Waals surface area contributed by atoms with Gasteiger partial charge in [-0.05, 0) is 31.4 Å². The molecule has 1 aromatic carbocycles. The molecule has 0 aliphatic carbocycles. The van der Waals surface area contributed by atoms with E-state index in [-0.39, 0.29) is 23.5 Å². The zero-order valence-corrected chi connectivity index (χ0v) is 15.1. The lowest BCUT2D eigenvalue weighted by atomic mass is 10.2. The number of hydrogen-bond acceptors (Lipinski definition) is 6. The first-order valence-electron chi connectivity index (χ1n) is 7.38. The van der Waals surface area contributed by atoms with Crippen LogP contribution in [0.1, 0.15) is 17.3 Å². The van der Waals surface area contributed by atoms with Crippen molar-refractivity contribution in [2.24, 2.45) is 0 Å². The van der Waals surface area contributed by atoms with Crippen LogP contribution in [0.3, 0.4) is 0 Å². The molecule has 0 aliphatic rings. The number of nitrogen functional groups attached to an aromatic ring is 1. The van der Waals surface area contributed by atoms with Crippen LogP contribution in [0, 0.1) is 0 Å². The molecule has 0 spiro atoms. The number of nitrogens with two attached hydrogens (primary N) is 1. The Balaban J connectivity index is 2.31. The highest BCUT2D eigenvalue weighted by molar-refractivity contribution is 7.98. The molecule has 2 heterocycles. The van der Waals surface area contributed by atoms with Gasteiger partial charge in [0.15, 0.2) is 0 Å². The van der Waals surface area contributed by atoms with Crippen molar-refractivity contribution in [3.63, 3.8) is 0 Å². The number of pyridine rings is 1. The number of benzene rings is 1. The molecule has 0 amide bonds. The van der Waals surface area contributed by atoms with E-state index in [4.69, 9.17) is 22.1 Å². The third-order valence-corrected chi connectivity index (χ3v) is 4.48. The van der Waals surface area contributed by atoms with Gasteiger partial charge in [0.1, 0.15) is 16.4 Å². The second-order valence-corrected chi connectivity index (χ2v) is 6.34. The van der Waals surface area contributed by atoms with E-state index in [1.807, 2.05) is 0 Å². The average Bonchev–Trinajstić information content (AvgIpc) is 2.91. The van der Waals surface area contributed by atoms with Crippen LogP contribution in [0.15, 0.2) is 34.1 Å². The summed E-state index contributed by atoms with van der Waals surface area (Å²) in [5.74, 6) is -0.447. The van der Waals surface area contributed by atoms with Crippen LogP contribution in [-0.4, -0.2) is 33.6 Å². The fraction of sp³-hybridized carbons (Fsp3) is 0.188. The molecular formula is C16H15ClN4O3S. The molecule has 7 nitrogen and oxygen atoms in total. The number of thioether (sulfide) groups is 1. The fourth-order valence-corrected chi connectivity index (χ4v) is 3.24. The molecule has 0 saturated carbocycles. The van der Waals surface area contributed by atoms with E-state index in [1.54, 1.807) is 31.4 Å². The number of ether oxygens (including phenoxy) is 1. The summed E-state index contributed by atoms with van der Waals surface area (Å²) in [6, 6.07) is 6.44. The Bertz CT molecular complexity index is 1030. The molecule has 9 heteroatoms. The third kappa shape index (κ3) is 3.10. The molecular weight excluding hydrogens is 364 g/mol. The van der Waals surface area contributed by atoms with Gasteiger partial charge in [0.2, 0.25) is 0 Å². The summed E-state index contributed by atoms with van der Waals surface area (Å²) in [6.45, 7) is 1.93. The van der Waals surface area contributed by atoms with E-state index in [0.717, 1.165) is 0 Å². The topological polar surface area (TPSA) is 103 Å². The third-order valence-electron chi connectivity index (χ3n) is 3.57. The Kier molecular flexibility index (Phi) is 4.73. The molecule has 25 heavy (non-hydrogen) atoms. The number of anilines is 1. The van der Waals surface area contributed by atoms with E-state index >= 15 is 0 Å². The van der Waals surface area contributed by atoms with Crippen LogP contribution >= 0.6 is 23.4 Å². The Labute approximate surface area is 152 Å². The summed E-state index contributed by atoms with van der Waals surface area (Å²) in [5, 5.41) is 5.96. The van der Waals surface area contributed by atoms with Crippen LogP contribution in [0.5, 0.6) is 0 Å². The lowest BCUT2D eigenvalue weighted by Gasteiger charge is -2.09. The summed E-state index contributed by atoms with van der Waals surface area (Å²) >= 11 is 7.35. The Morgan fingerprint density at radius 2 is 2.20 bits per heavy atom. The van der Waals surface area contributed by atoms with Gasteiger partial charge in [-0.1, -0.05) is 11.6 Å². The molecule has 0 atom stereocenters. The maximum Gasteiger partial charge on any atom is 0.344 e. The summed E-state index contributed by atoms with van der Waals surface area (Å²) in [7, 11) is 0. The van der Waals surface area contributed by atoms with Crippen molar-refractivity contribution < 1.29 is 9.53 Å². The van der Waals surface area contributed by atoms with Crippen molar-refractivity contribution >= 4 is 46.1 Å². The highest BCUT2D eigenvalue weighted by Gasteiger charge is 2.24. The van der Waals surface area contributed by atoms with Crippen LogP contribution in [0.25, 0.3) is 16.6 Å². The average molecular weight is 379 g/mol. The van der Waals surface area contributed by atoms with Gasteiger partial charge in [-0.15, -0.1) is 11.8 Å². The normalized spacial score (nSPS) is 11.0. The summed E-state index contributed by atoms with van der Waals surface area (Å²) in [6.07, 6.45) is 1.78. The largest absolute Gasteiger partial charge is 0.462 e. The van der Waals surface area contributed by atoms with Gasteiger partial charge in [0, 0.05) is 16.5 Å². The molecule has 2 aromatic heterocycles. The maximum absolute atomic E-state index is 12.2. The van der Waals surface area contributed by atoms with Gasteiger partial charge in [0.05, 0.1) is 17.8 Å². The fourth-order valence-electron chi connectivity index (χ4n) is 2.52. The molecule has 130 valence electrons. The number of aromatic nitrogens is 3. The molecule has 0 fully saturated rings. The van der Waals surface area contributed by atoms with Gasteiger partial charge in [0.25, 0.3) is 5.56 Å². The van der Waals surface area contributed by atoms with Crippen LogP contribution in [0.4, 0.5) is 5.82 Å². The standard InChI is InChI=1S/C16H15ClN4O3S/c1-3-24-16(23)13-14(18)21(20-15(13)25-2)11-7-12(22)19-10-5-4-8(17)6-9(10)11/h4-7H,3,18H2,1-2H3,(H,19,22). The number of nitrogens with zero attached hydrogens (tertiary/aromatic N) is 2. The van der Waals surface area contributed by atoms with Crippen molar-refractivity contribution in [1.82, 2.24) is 14.8 Å².